The van der Waals surface area contributed by atoms with Crippen molar-refractivity contribution >= 4 is 5.97 Å². The molecule has 0 N–H and O–H groups in total. The lowest BCUT2D eigenvalue weighted by atomic mass is 9.42. The van der Waals surface area contributed by atoms with E-state index < -0.39 is 0 Å². The molecule has 25 heavy (non-hydrogen) atoms. The van der Waals surface area contributed by atoms with Crippen LogP contribution in [-0.2, 0) is 19.0 Å². The Labute approximate surface area is 146 Å². The molecule has 2 aliphatic carbocycles. The van der Waals surface area contributed by atoms with Gasteiger partial charge in [0.05, 0.1) is 29.6 Å². The predicted octanol–water partition coefficient (Wildman–Crippen LogP) is 3.51. The fraction of sp³-hybridized carbons (Fsp3) is 0.650. The Bertz CT molecular complexity index is 797. The summed E-state index contributed by atoms with van der Waals surface area (Å²) in [6.07, 6.45) is 8.95. The molecular weight excluding hydrogens is 320 g/mol. The van der Waals surface area contributed by atoms with E-state index in [2.05, 4.69) is 19.9 Å². The molecule has 0 bridgehead atoms. The van der Waals surface area contributed by atoms with Crippen LogP contribution in [0.1, 0.15) is 51.2 Å². The standard InChI is InChI=1S/C20H22O5/c1-18-9-15-19(2)12(16(21)24-15)4-3-5-14(19)20(18)8-13(23-17(20)25-18)11-6-7-22-10-11/h4,6-7,10,13-15,17H,3,5,8-9H2,1-2H3. The van der Waals surface area contributed by atoms with Gasteiger partial charge in [0.25, 0.3) is 0 Å². The molecule has 0 radical (unpaired) electrons. The van der Waals surface area contributed by atoms with Crippen LogP contribution in [-0.4, -0.2) is 24.0 Å². The Balaban J connectivity index is 1.48. The lowest BCUT2D eigenvalue weighted by Gasteiger charge is -2.69. The molecule has 5 heteroatoms. The van der Waals surface area contributed by atoms with Gasteiger partial charge in [-0.2, -0.15) is 0 Å². The van der Waals surface area contributed by atoms with Gasteiger partial charge in [-0.05, 0) is 38.2 Å². The van der Waals surface area contributed by atoms with Crippen molar-refractivity contribution in [1.29, 1.82) is 0 Å². The number of allylic oxidation sites excluding steroid dienone is 1. The van der Waals surface area contributed by atoms with E-state index in [1.54, 1.807) is 12.5 Å². The van der Waals surface area contributed by atoms with Crippen LogP contribution in [0.4, 0.5) is 0 Å². The zero-order valence-electron chi connectivity index (χ0n) is 14.5. The summed E-state index contributed by atoms with van der Waals surface area (Å²) in [5.41, 5.74) is 1.40. The number of esters is 1. The topological polar surface area (TPSA) is 57.9 Å². The molecule has 1 aromatic rings. The lowest BCUT2D eigenvalue weighted by Crippen LogP contribution is -2.75. The van der Waals surface area contributed by atoms with E-state index in [9.17, 15) is 4.79 Å². The zero-order chi connectivity index (χ0) is 17.0. The van der Waals surface area contributed by atoms with Crippen molar-refractivity contribution in [3.8, 4) is 0 Å². The second-order valence-corrected chi connectivity index (χ2v) is 8.74. The van der Waals surface area contributed by atoms with Gasteiger partial charge in [0.2, 0.25) is 0 Å². The van der Waals surface area contributed by atoms with Crippen LogP contribution in [0.3, 0.4) is 0 Å². The largest absolute Gasteiger partial charge is 0.472 e. The van der Waals surface area contributed by atoms with Gasteiger partial charge in [-0.25, -0.2) is 4.79 Å². The van der Waals surface area contributed by atoms with Crippen molar-refractivity contribution in [2.24, 2.45) is 16.7 Å². The van der Waals surface area contributed by atoms with Gasteiger partial charge in [-0.3, -0.25) is 0 Å². The van der Waals surface area contributed by atoms with Gasteiger partial charge >= 0.3 is 5.97 Å². The number of rotatable bonds is 1. The van der Waals surface area contributed by atoms with E-state index in [0.717, 1.165) is 36.8 Å². The maximum absolute atomic E-state index is 12.5. The Morgan fingerprint density at radius 2 is 2.12 bits per heavy atom. The smallest absolute Gasteiger partial charge is 0.334 e. The maximum atomic E-state index is 12.5. The van der Waals surface area contributed by atoms with Crippen molar-refractivity contribution in [2.45, 2.75) is 63.6 Å². The molecule has 3 saturated heterocycles. The van der Waals surface area contributed by atoms with Crippen molar-refractivity contribution in [3.63, 3.8) is 0 Å². The van der Waals surface area contributed by atoms with Crippen molar-refractivity contribution in [2.75, 3.05) is 0 Å². The molecule has 0 aromatic carbocycles. The Hall–Kier alpha value is -1.59. The van der Waals surface area contributed by atoms with Crippen LogP contribution in [0.15, 0.2) is 34.7 Å². The molecule has 7 atom stereocenters. The summed E-state index contributed by atoms with van der Waals surface area (Å²) in [5.74, 6) is 0.214. The summed E-state index contributed by atoms with van der Waals surface area (Å²) >= 11 is 0. The number of hydrogen-bond acceptors (Lipinski definition) is 5. The van der Waals surface area contributed by atoms with Gasteiger partial charge < -0.3 is 18.6 Å². The summed E-state index contributed by atoms with van der Waals surface area (Å²) in [6, 6.07) is 1.98. The van der Waals surface area contributed by atoms with E-state index >= 15 is 0 Å². The zero-order valence-corrected chi connectivity index (χ0v) is 14.5. The molecule has 7 unspecified atom stereocenters. The van der Waals surface area contributed by atoms with Crippen molar-refractivity contribution < 1.29 is 23.4 Å². The number of carbonyl (C=O) groups excluding carboxylic acids is 1. The molecule has 6 rings (SSSR count). The Morgan fingerprint density at radius 3 is 2.92 bits per heavy atom. The highest BCUT2D eigenvalue weighted by Crippen LogP contribution is 2.76. The molecule has 132 valence electrons. The number of furan rings is 1. The molecule has 5 nitrogen and oxygen atoms in total. The SMILES string of the molecule is CC12C3=CCCC1C14CC(c5ccoc5)OC1OC4(C)CC2OC3=O. The lowest BCUT2D eigenvalue weighted by molar-refractivity contribution is -0.412. The Morgan fingerprint density at radius 1 is 1.24 bits per heavy atom. The number of hydrogen-bond donors (Lipinski definition) is 0. The minimum Gasteiger partial charge on any atom is -0.472 e. The van der Waals surface area contributed by atoms with E-state index in [0.29, 0.717) is 5.92 Å². The molecule has 4 heterocycles. The third-order valence-electron chi connectivity index (χ3n) is 7.94. The molecule has 0 amide bonds. The first-order chi connectivity index (χ1) is 12.0. The predicted molar refractivity (Wildman–Crippen MR) is 86.3 cm³/mol. The van der Waals surface area contributed by atoms with Gasteiger partial charge in [-0.15, -0.1) is 0 Å². The highest BCUT2D eigenvalue weighted by Gasteiger charge is 2.80. The third kappa shape index (κ3) is 1.41. The van der Waals surface area contributed by atoms with E-state index in [1.807, 2.05) is 6.07 Å². The average molecular weight is 342 g/mol. The fourth-order valence-electron chi connectivity index (χ4n) is 6.69. The van der Waals surface area contributed by atoms with E-state index in [1.165, 1.54) is 0 Å². The Kier molecular flexibility index (Phi) is 2.45. The molecular formula is C20H22O5. The molecule has 1 saturated carbocycles. The molecule has 1 aromatic heterocycles. The second-order valence-electron chi connectivity index (χ2n) is 8.74. The van der Waals surface area contributed by atoms with Gasteiger partial charge in [0.1, 0.15) is 6.10 Å². The van der Waals surface area contributed by atoms with Crippen molar-refractivity contribution in [1.82, 2.24) is 0 Å². The summed E-state index contributed by atoms with van der Waals surface area (Å²) in [7, 11) is 0. The van der Waals surface area contributed by atoms with Crippen molar-refractivity contribution in [3.05, 3.63) is 35.8 Å². The first kappa shape index (κ1) is 14.6. The van der Waals surface area contributed by atoms with Gasteiger partial charge in [0.15, 0.2) is 6.29 Å². The van der Waals surface area contributed by atoms with Crippen LogP contribution < -0.4 is 0 Å². The molecule has 1 spiro atoms. The monoisotopic (exact) mass is 342 g/mol. The second kappa shape index (κ2) is 4.21. The van der Waals surface area contributed by atoms with Crippen LogP contribution in [0.5, 0.6) is 0 Å². The molecule has 4 fully saturated rings. The highest BCUT2D eigenvalue weighted by atomic mass is 16.7. The summed E-state index contributed by atoms with van der Waals surface area (Å²) in [5, 5.41) is 0. The van der Waals surface area contributed by atoms with Crippen LogP contribution in [0.2, 0.25) is 0 Å². The van der Waals surface area contributed by atoms with Gasteiger partial charge in [0, 0.05) is 23.0 Å². The number of carbonyl (C=O) groups is 1. The van der Waals surface area contributed by atoms with E-state index in [4.69, 9.17) is 18.6 Å². The van der Waals surface area contributed by atoms with E-state index in [-0.39, 0.29) is 40.9 Å². The fourth-order valence-corrected chi connectivity index (χ4v) is 6.69. The van der Waals surface area contributed by atoms with Gasteiger partial charge in [-0.1, -0.05) is 13.0 Å². The highest BCUT2D eigenvalue weighted by molar-refractivity contribution is 5.93. The first-order valence-corrected chi connectivity index (χ1v) is 9.26. The van der Waals surface area contributed by atoms with Crippen LogP contribution in [0, 0.1) is 16.7 Å². The van der Waals surface area contributed by atoms with Crippen LogP contribution in [0.25, 0.3) is 0 Å². The minimum absolute atomic E-state index is 0.00176. The molecule has 3 aliphatic heterocycles. The summed E-state index contributed by atoms with van der Waals surface area (Å²) < 4.78 is 23.7. The normalized spacial score (nSPS) is 52.6. The maximum Gasteiger partial charge on any atom is 0.334 e. The molecule has 5 aliphatic rings. The average Bonchev–Trinajstić information content (AvgIpc) is 3.24. The minimum atomic E-state index is -0.294. The quantitative estimate of drug-likeness (QED) is 0.731. The third-order valence-corrected chi connectivity index (χ3v) is 7.94. The first-order valence-electron chi connectivity index (χ1n) is 9.26. The van der Waals surface area contributed by atoms with Crippen LogP contribution >= 0.6 is 0 Å². The summed E-state index contributed by atoms with van der Waals surface area (Å²) in [6.45, 7) is 4.42. The summed E-state index contributed by atoms with van der Waals surface area (Å²) in [4.78, 5) is 12.5. The number of ether oxygens (including phenoxy) is 3.